The zero-order valence-electron chi connectivity index (χ0n) is 10.8. The van der Waals surface area contributed by atoms with Gasteiger partial charge < -0.3 is 5.32 Å². The lowest BCUT2D eigenvalue weighted by Gasteiger charge is -2.07. The first-order valence-electron chi connectivity index (χ1n) is 5.95. The van der Waals surface area contributed by atoms with Crippen LogP contribution in [-0.2, 0) is 6.54 Å². The molecule has 0 aliphatic rings. The van der Waals surface area contributed by atoms with E-state index in [1.807, 2.05) is 6.07 Å². The monoisotopic (exact) mass is 268 g/mol. The number of nitro benzene ring substituents is 1. The number of benzene rings is 1. The summed E-state index contributed by atoms with van der Waals surface area (Å²) >= 11 is 0. The number of nitriles is 1. The maximum atomic E-state index is 10.9. The third-order valence-corrected chi connectivity index (χ3v) is 2.73. The van der Waals surface area contributed by atoms with Crippen molar-refractivity contribution in [3.8, 4) is 6.07 Å². The number of aryl methyl sites for hydroxylation is 1. The molecule has 0 unspecified atom stereocenters. The number of hydrogen-bond donors (Lipinski definition) is 1. The molecule has 0 aliphatic heterocycles. The maximum absolute atomic E-state index is 10.9. The van der Waals surface area contributed by atoms with Crippen LogP contribution < -0.4 is 5.32 Å². The van der Waals surface area contributed by atoms with Crippen molar-refractivity contribution in [3.05, 3.63) is 63.3 Å². The molecule has 0 fully saturated rings. The molecule has 0 amide bonds. The maximum Gasteiger partial charge on any atom is 0.274 e. The number of pyridine rings is 1. The molecule has 0 atom stereocenters. The third kappa shape index (κ3) is 3.09. The number of rotatable bonds is 4. The van der Waals surface area contributed by atoms with E-state index in [2.05, 4.69) is 10.3 Å². The largest absolute Gasteiger partial charge is 0.366 e. The Balaban J connectivity index is 2.19. The number of aromatic nitrogens is 1. The van der Waals surface area contributed by atoms with Crippen molar-refractivity contribution in [2.24, 2.45) is 0 Å². The van der Waals surface area contributed by atoms with E-state index in [4.69, 9.17) is 5.26 Å². The van der Waals surface area contributed by atoms with Gasteiger partial charge in [0.25, 0.3) is 5.69 Å². The summed E-state index contributed by atoms with van der Waals surface area (Å²) in [6.07, 6.45) is 0. The summed E-state index contributed by atoms with van der Waals surface area (Å²) < 4.78 is 0. The lowest BCUT2D eigenvalue weighted by atomic mass is 10.2. The number of nitro groups is 1. The summed E-state index contributed by atoms with van der Waals surface area (Å²) in [5.41, 5.74) is 1.85. The minimum absolute atomic E-state index is 0.0631. The summed E-state index contributed by atoms with van der Waals surface area (Å²) in [4.78, 5) is 14.7. The van der Waals surface area contributed by atoms with Crippen molar-refractivity contribution < 1.29 is 4.92 Å². The predicted molar refractivity (Wildman–Crippen MR) is 74.1 cm³/mol. The van der Waals surface area contributed by atoms with E-state index in [1.54, 1.807) is 37.3 Å². The molecule has 6 heteroatoms. The average Bonchev–Trinajstić information content (AvgIpc) is 2.44. The molecule has 1 heterocycles. The molecule has 20 heavy (non-hydrogen) atoms. The second-order valence-electron chi connectivity index (χ2n) is 4.23. The summed E-state index contributed by atoms with van der Waals surface area (Å²) in [5, 5.41) is 22.8. The number of nitrogens with zero attached hydrogens (tertiary/aromatic N) is 3. The third-order valence-electron chi connectivity index (χ3n) is 2.73. The number of nitrogens with one attached hydrogen (secondary N) is 1. The van der Waals surface area contributed by atoms with Gasteiger partial charge in [-0.3, -0.25) is 10.1 Å². The topological polar surface area (TPSA) is 91.8 Å². The van der Waals surface area contributed by atoms with E-state index in [0.717, 1.165) is 0 Å². The van der Waals surface area contributed by atoms with Crippen LogP contribution in [0.5, 0.6) is 0 Å². The van der Waals surface area contributed by atoms with Gasteiger partial charge in [-0.05, 0) is 19.1 Å². The van der Waals surface area contributed by atoms with Gasteiger partial charge in [0, 0.05) is 23.9 Å². The van der Waals surface area contributed by atoms with Gasteiger partial charge in [0.2, 0.25) is 0 Å². The van der Waals surface area contributed by atoms with Crippen molar-refractivity contribution in [2.45, 2.75) is 13.5 Å². The number of anilines is 1. The van der Waals surface area contributed by atoms with E-state index in [-0.39, 0.29) is 12.2 Å². The molecular formula is C14H12N4O2. The normalized spacial score (nSPS) is 9.80. The standard InChI is InChI=1S/C14H12N4O2/c1-10-6-11(8-15)7-14(17-10)16-9-12-4-2-3-5-13(12)18(19)20/h2-7H,9H2,1H3,(H,16,17). The van der Waals surface area contributed by atoms with Gasteiger partial charge >= 0.3 is 0 Å². The molecule has 0 spiro atoms. The molecule has 0 radical (unpaired) electrons. The van der Waals surface area contributed by atoms with Gasteiger partial charge in [0.15, 0.2) is 0 Å². The van der Waals surface area contributed by atoms with E-state index >= 15 is 0 Å². The van der Waals surface area contributed by atoms with Crippen molar-refractivity contribution in [3.63, 3.8) is 0 Å². The highest BCUT2D eigenvalue weighted by Crippen LogP contribution is 2.19. The Bertz CT molecular complexity index is 692. The van der Waals surface area contributed by atoms with Gasteiger partial charge in [-0.15, -0.1) is 0 Å². The minimum Gasteiger partial charge on any atom is -0.366 e. The highest BCUT2D eigenvalue weighted by molar-refractivity contribution is 5.47. The zero-order chi connectivity index (χ0) is 14.5. The SMILES string of the molecule is Cc1cc(C#N)cc(NCc2ccccc2[N+](=O)[O-])n1. The Morgan fingerprint density at radius 1 is 1.40 bits per heavy atom. The fourth-order valence-electron chi connectivity index (χ4n) is 1.85. The Morgan fingerprint density at radius 3 is 2.85 bits per heavy atom. The zero-order valence-corrected chi connectivity index (χ0v) is 10.8. The van der Waals surface area contributed by atoms with Crippen LogP contribution in [0, 0.1) is 28.4 Å². The molecule has 6 nitrogen and oxygen atoms in total. The molecule has 2 rings (SSSR count). The van der Waals surface area contributed by atoms with Crippen LogP contribution in [0.1, 0.15) is 16.8 Å². The van der Waals surface area contributed by atoms with Gasteiger partial charge in [-0.1, -0.05) is 18.2 Å². The molecule has 0 bridgehead atoms. The summed E-state index contributed by atoms with van der Waals surface area (Å²) in [6, 6.07) is 11.9. The first kappa shape index (κ1) is 13.5. The van der Waals surface area contributed by atoms with Crippen LogP contribution in [0.15, 0.2) is 36.4 Å². The average molecular weight is 268 g/mol. The molecule has 0 saturated carbocycles. The lowest BCUT2D eigenvalue weighted by molar-refractivity contribution is -0.385. The quantitative estimate of drug-likeness (QED) is 0.680. The molecule has 1 aromatic carbocycles. The molecule has 0 saturated heterocycles. The fraction of sp³-hybridized carbons (Fsp3) is 0.143. The van der Waals surface area contributed by atoms with E-state index < -0.39 is 4.92 Å². The van der Waals surface area contributed by atoms with Crippen molar-refractivity contribution in [1.29, 1.82) is 5.26 Å². The van der Waals surface area contributed by atoms with E-state index in [0.29, 0.717) is 22.6 Å². The Hall–Kier alpha value is -2.94. The molecular weight excluding hydrogens is 256 g/mol. The first-order valence-corrected chi connectivity index (χ1v) is 5.95. The summed E-state index contributed by atoms with van der Waals surface area (Å²) in [7, 11) is 0. The number of para-hydroxylation sites is 1. The molecule has 2 aromatic rings. The van der Waals surface area contributed by atoms with E-state index in [1.165, 1.54) is 6.07 Å². The van der Waals surface area contributed by atoms with Crippen LogP contribution in [0.25, 0.3) is 0 Å². The van der Waals surface area contributed by atoms with Gasteiger partial charge in [-0.25, -0.2) is 4.98 Å². The highest BCUT2D eigenvalue weighted by atomic mass is 16.6. The number of hydrogen-bond acceptors (Lipinski definition) is 5. The lowest BCUT2D eigenvalue weighted by Crippen LogP contribution is -2.05. The van der Waals surface area contributed by atoms with Crippen molar-refractivity contribution in [1.82, 2.24) is 4.98 Å². The predicted octanol–water partition coefficient (Wildman–Crippen LogP) is 2.78. The summed E-state index contributed by atoms with van der Waals surface area (Å²) in [6.45, 7) is 2.06. The van der Waals surface area contributed by atoms with Gasteiger partial charge in [0.05, 0.1) is 16.6 Å². The van der Waals surface area contributed by atoms with Crippen molar-refractivity contribution in [2.75, 3.05) is 5.32 Å². The van der Waals surface area contributed by atoms with E-state index in [9.17, 15) is 10.1 Å². The molecule has 100 valence electrons. The fourth-order valence-corrected chi connectivity index (χ4v) is 1.85. The second-order valence-corrected chi connectivity index (χ2v) is 4.23. The second kappa shape index (κ2) is 5.80. The van der Waals surface area contributed by atoms with Gasteiger partial charge in [-0.2, -0.15) is 5.26 Å². The van der Waals surface area contributed by atoms with Crippen LogP contribution >= 0.6 is 0 Å². The Kier molecular flexibility index (Phi) is 3.91. The Labute approximate surface area is 115 Å². The van der Waals surface area contributed by atoms with Crippen LogP contribution in [-0.4, -0.2) is 9.91 Å². The molecule has 1 N–H and O–H groups in total. The van der Waals surface area contributed by atoms with Crippen molar-refractivity contribution >= 4 is 11.5 Å². The smallest absolute Gasteiger partial charge is 0.274 e. The van der Waals surface area contributed by atoms with Gasteiger partial charge in [0.1, 0.15) is 5.82 Å². The minimum atomic E-state index is -0.415. The molecule has 1 aromatic heterocycles. The molecule has 0 aliphatic carbocycles. The van der Waals surface area contributed by atoms with Crippen LogP contribution in [0.3, 0.4) is 0 Å². The highest BCUT2D eigenvalue weighted by Gasteiger charge is 2.12. The van der Waals surface area contributed by atoms with Crippen LogP contribution in [0.2, 0.25) is 0 Å². The Morgan fingerprint density at radius 2 is 2.15 bits per heavy atom. The summed E-state index contributed by atoms with van der Waals surface area (Å²) in [5.74, 6) is 0.528. The van der Waals surface area contributed by atoms with Crippen LogP contribution in [0.4, 0.5) is 11.5 Å². The first-order chi connectivity index (χ1) is 9.60.